The van der Waals surface area contributed by atoms with Gasteiger partial charge in [-0.25, -0.2) is 4.98 Å². The molecular weight excluding hydrogens is 406 g/mol. The summed E-state index contributed by atoms with van der Waals surface area (Å²) >= 11 is 7.87. The topological polar surface area (TPSA) is 45.7 Å². The second-order valence-corrected chi connectivity index (χ2v) is 8.63. The minimum Gasteiger partial charge on any atom is -0.379 e. The van der Waals surface area contributed by atoms with Crippen LogP contribution in [0.2, 0.25) is 5.02 Å². The monoisotopic (exact) mass is 429 g/mol. The number of carbonyl (C=O) groups excluding carboxylic acids is 1. The summed E-state index contributed by atoms with van der Waals surface area (Å²) in [5.74, 6) is -0.103. The summed E-state index contributed by atoms with van der Waals surface area (Å²) in [5, 5.41) is 1.19. The maximum atomic E-state index is 13.4. The van der Waals surface area contributed by atoms with E-state index >= 15 is 0 Å². The summed E-state index contributed by atoms with van der Waals surface area (Å²) in [7, 11) is 0. The third-order valence-electron chi connectivity index (χ3n) is 5.07. The fraction of sp³-hybridized carbons (Fsp3) is 0.364. The van der Waals surface area contributed by atoms with Gasteiger partial charge in [0, 0.05) is 26.2 Å². The van der Waals surface area contributed by atoms with Crippen LogP contribution in [0.4, 0.5) is 5.13 Å². The highest BCUT2D eigenvalue weighted by atomic mass is 35.5. The van der Waals surface area contributed by atoms with Crippen LogP contribution in [0.25, 0.3) is 10.2 Å². The van der Waals surface area contributed by atoms with Gasteiger partial charge in [0.25, 0.3) is 5.91 Å². The Bertz CT molecular complexity index is 1000. The summed E-state index contributed by atoms with van der Waals surface area (Å²) in [6.45, 7) is 7.03. The number of fused-ring (bicyclic) bond motifs is 1. The van der Waals surface area contributed by atoms with E-state index in [4.69, 9.17) is 21.3 Å². The molecule has 29 heavy (non-hydrogen) atoms. The number of carbonyl (C=O) groups is 1. The van der Waals surface area contributed by atoms with Gasteiger partial charge in [0.15, 0.2) is 5.13 Å². The van der Waals surface area contributed by atoms with Gasteiger partial charge in [0.2, 0.25) is 0 Å². The molecule has 0 atom stereocenters. The van der Waals surface area contributed by atoms with E-state index in [9.17, 15) is 4.79 Å². The molecule has 0 aliphatic carbocycles. The average Bonchev–Trinajstić information content (AvgIpc) is 3.14. The van der Waals surface area contributed by atoms with Crippen LogP contribution in [0.3, 0.4) is 0 Å². The number of benzene rings is 2. The number of aromatic nitrogens is 1. The van der Waals surface area contributed by atoms with Gasteiger partial charge >= 0.3 is 0 Å². The van der Waals surface area contributed by atoms with Crippen molar-refractivity contribution in [1.82, 2.24) is 9.88 Å². The molecule has 2 heterocycles. The molecule has 1 saturated heterocycles. The lowest BCUT2D eigenvalue weighted by Crippen LogP contribution is -2.39. The summed E-state index contributed by atoms with van der Waals surface area (Å²) in [5.41, 5.74) is 2.61. The van der Waals surface area contributed by atoms with Gasteiger partial charge in [-0.1, -0.05) is 41.1 Å². The number of ether oxygens (including phenoxy) is 1. The third kappa shape index (κ3) is 4.78. The Morgan fingerprint density at radius 1 is 1.24 bits per heavy atom. The van der Waals surface area contributed by atoms with Gasteiger partial charge in [-0.15, -0.1) is 0 Å². The van der Waals surface area contributed by atoms with Gasteiger partial charge in [-0.05, 0) is 43.2 Å². The Hall–Kier alpha value is -1.99. The first-order chi connectivity index (χ1) is 14.1. The average molecular weight is 430 g/mol. The van der Waals surface area contributed by atoms with Crippen LogP contribution in [0, 0.1) is 6.92 Å². The molecule has 1 aliphatic rings. The van der Waals surface area contributed by atoms with Gasteiger partial charge in [0.1, 0.15) is 0 Å². The first-order valence-corrected chi connectivity index (χ1v) is 11.0. The Balaban J connectivity index is 1.58. The van der Waals surface area contributed by atoms with Crippen molar-refractivity contribution in [2.75, 3.05) is 44.3 Å². The first kappa shape index (κ1) is 20.3. The molecule has 0 bridgehead atoms. The van der Waals surface area contributed by atoms with Gasteiger partial charge in [0.05, 0.1) is 34.0 Å². The number of anilines is 1. The van der Waals surface area contributed by atoms with E-state index in [0.29, 0.717) is 17.1 Å². The largest absolute Gasteiger partial charge is 0.379 e. The molecule has 152 valence electrons. The highest BCUT2D eigenvalue weighted by Gasteiger charge is 2.23. The lowest BCUT2D eigenvalue weighted by molar-refractivity contribution is 0.0376. The maximum Gasteiger partial charge on any atom is 0.261 e. The van der Waals surface area contributed by atoms with Crippen LogP contribution >= 0.6 is 22.9 Å². The van der Waals surface area contributed by atoms with E-state index in [1.165, 1.54) is 5.56 Å². The van der Waals surface area contributed by atoms with Gasteiger partial charge in [-0.3, -0.25) is 14.6 Å². The second-order valence-electron chi connectivity index (χ2n) is 7.21. The molecular formula is C22H24ClN3O2S. The van der Waals surface area contributed by atoms with E-state index in [-0.39, 0.29) is 5.91 Å². The predicted molar refractivity (Wildman–Crippen MR) is 119 cm³/mol. The van der Waals surface area contributed by atoms with E-state index in [0.717, 1.165) is 54.6 Å². The molecule has 0 unspecified atom stereocenters. The zero-order valence-corrected chi connectivity index (χ0v) is 18.0. The minimum absolute atomic E-state index is 0.103. The Kier molecular flexibility index (Phi) is 6.45. The molecule has 0 N–H and O–H groups in total. The number of halogens is 1. The van der Waals surface area contributed by atoms with Crippen molar-refractivity contribution in [2.45, 2.75) is 13.3 Å². The highest BCUT2D eigenvalue weighted by molar-refractivity contribution is 7.22. The minimum atomic E-state index is -0.103. The Labute approximate surface area is 179 Å². The molecule has 0 saturated carbocycles. The number of thiazole rings is 1. The molecule has 5 nitrogen and oxygen atoms in total. The molecule has 1 amide bonds. The SMILES string of the molecule is Cc1ccc2nc(N(CCCN3CCOCC3)C(=O)c3ccccc3Cl)sc2c1. The van der Waals surface area contributed by atoms with Gasteiger partial charge < -0.3 is 4.74 Å². The number of rotatable bonds is 6. The lowest BCUT2D eigenvalue weighted by Gasteiger charge is -2.27. The van der Waals surface area contributed by atoms with Crippen LogP contribution < -0.4 is 4.90 Å². The summed E-state index contributed by atoms with van der Waals surface area (Å²) < 4.78 is 6.51. The van der Waals surface area contributed by atoms with Crippen molar-refractivity contribution in [1.29, 1.82) is 0 Å². The Morgan fingerprint density at radius 2 is 2.03 bits per heavy atom. The molecule has 4 rings (SSSR count). The van der Waals surface area contributed by atoms with Crippen molar-refractivity contribution in [3.63, 3.8) is 0 Å². The number of hydrogen-bond acceptors (Lipinski definition) is 5. The fourth-order valence-electron chi connectivity index (χ4n) is 3.48. The lowest BCUT2D eigenvalue weighted by atomic mass is 10.2. The van der Waals surface area contributed by atoms with E-state index in [1.54, 1.807) is 28.4 Å². The van der Waals surface area contributed by atoms with Crippen molar-refractivity contribution in [2.24, 2.45) is 0 Å². The highest BCUT2D eigenvalue weighted by Crippen LogP contribution is 2.31. The Morgan fingerprint density at radius 3 is 2.83 bits per heavy atom. The van der Waals surface area contributed by atoms with Gasteiger partial charge in [-0.2, -0.15) is 0 Å². The van der Waals surface area contributed by atoms with Crippen molar-refractivity contribution in [3.8, 4) is 0 Å². The van der Waals surface area contributed by atoms with Crippen LogP contribution in [0.15, 0.2) is 42.5 Å². The number of hydrogen-bond donors (Lipinski definition) is 0. The van der Waals surface area contributed by atoms with Crippen LogP contribution in [0.1, 0.15) is 22.3 Å². The fourth-order valence-corrected chi connectivity index (χ4v) is 4.78. The van der Waals surface area contributed by atoms with Crippen molar-refractivity contribution in [3.05, 3.63) is 58.6 Å². The summed E-state index contributed by atoms with van der Waals surface area (Å²) in [6.07, 6.45) is 0.866. The molecule has 2 aromatic carbocycles. The number of amides is 1. The molecule has 1 aliphatic heterocycles. The normalized spacial score (nSPS) is 15.0. The summed E-state index contributed by atoms with van der Waals surface area (Å²) in [4.78, 5) is 22.3. The quantitative estimate of drug-likeness (QED) is 0.573. The van der Waals surface area contributed by atoms with Crippen LogP contribution in [0.5, 0.6) is 0 Å². The van der Waals surface area contributed by atoms with Crippen LogP contribution in [-0.2, 0) is 4.74 Å². The van der Waals surface area contributed by atoms with Crippen molar-refractivity contribution < 1.29 is 9.53 Å². The van der Waals surface area contributed by atoms with Crippen molar-refractivity contribution >= 4 is 44.2 Å². The molecule has 0 spiro atoms. The molecule has 7 heteroatoms. The number of morpholine rings is 1. The van der Waals surface area contributed by atoms with Crippen LogP contribution in [-0.4, -0.2) is 55.2 Å². The molecule has 0 radical (unpaired) electrons. The molecule has 1 aromatic heterocycles. The second kappa shape index (κ2) is 9.22. The first-order valence-electron chi connectivity index (χ1n) is 9.85. The number of nitrogens with zero attached hydrogens (tertiary/aromatic N) is 3. The van der Waals surface area contributed by atoms with E-state index < -0.39 is 0 Å². The summed E-state index contributed by atoms with van der Waals surface area (Å²) in [6, 6.07) is 13.4. The standard InChI is InChI=1S/C22H24ClN3O2S/c1-16-7-8-19-20(15-16)29-22(24-19)26(10-4-9-25-11-13-28-14-12-25)21(27)17-5-2-3-6-18(17)23/h2-3,5-8,15H,4,9-14H2,1H3. The third-order valence-corrected chi connectivity index (χ3v) is 6.44. The zero-order chi connectivity index (χ0) is 20.2. The zero-order valence-electron chi connectivity index (χ0n) is 16.4. The smallest absolute Gasteiger partial charge is 0.261 e. The number of aryl methyl sites for hydroxylation is 1. The maximum absolute atomic E-state index is 13.4. The molecule has 1 fully saturated rings. The molecule has 3 aromatic rings. The van der Waals surface area contributed by atoms with E-state index in [1.807, 2.05) is 24.3 Å². The van der Waals surface area contributed by atoms with E-state index in [2.05, 4.69) is 17.9 Å². The predicted octanol–water partition coefficient (Wildman–Crippen LogP) is 4.63.